The molecule has 2 nitrogen and oxygen atoms in total. The van der Waals surface area contributed by atoms with Gasteiger partial charge < -0.3 is 10.2 Å². The van der Waals surface area contributed by atoms with Gasteiger partial charge in [-0.05, 0) is 45.2 Å². The maximum absolute atomic E-state index is 3.79. The molecule has 2 heteroatoms. The Morgan fingerprint density at radius 2 is 2.29 bits per heavy atom. The number of nitrogens with one attached hydrogen (secondary N) is 1. The molecule has 2 fully saturated rings. The molecule has 0 aromatic carbocycles. The van der Waals surface area contributed by atoms with Crippen molar-refractivity contribution >= 4 is 0 Å². The normalized spacial score (nSPS) is 38.2. The number of hydrogen-bond acceptors (Lipinski definition) is 2. The molecule has 14 heavy (non-hydrogen) atoms. The summed E-state index contributed by atoms with van der Waals surface area (Å²) in [4.78, 5) is 2.60. The Bertz CT molecular complexity index is 202. The van der Waals surface area contributed by atoms with Gasteiger partial charge in [0.1, 0.15) is 0 Å². The Hall–Kier alpha value is -0.340. The maximum atomic E-state index is 3.79. The van der Waals surface area contributed by atoms with Crippen molar-refractivity contribution in [3.05, 3.63) is 12.7 Å². The molecule has 0 aromatic heterocycles. The van der Waals surface area contributed by atoms with Crippen LogP contribution in [0, 0.1) is 5.92 Å². The zero-order valence-corrected chi connectivity index (χ0v) is 9.21. The Labute approximate surface area is 87.4 Å². The summed E-state index contributed by atoms with van der Waals surface area (Å²) in [6.45, 7) is 10.0. The quantitative estimate of drug-likeness (QED) is 0.684. The number of hydrogen-bond donors (Lipinski definition) is 1. The largest absolute Gasteiger partial charge is 0.311 e. The zero-order valence-electron chi connectivity index (χ0n) is 9.21. The summed E-state index contributed by atoms with van der Waals surface area (Å²) in [5.41, 5.74) is 0. The number of rotatable bonds is 4. The van der Waals surface area contributed by atoms with Crippen LogP contribution in [0.5, 0.6) is 0 Å². The van der Waals surface area contributed by atoms with E-state index in [1.807, 2.05) is 6.08 Å². The van der Waals surface area contributed by atoms with Crippen LogP contribution in [0.3, 0.4) is 0 Å². The predicted octanol–water partition coefficient (Wildman–Crippen LogP) is 1.63. The van der Waals surface area contributed by atoms with Gasteiger partial charge in [-0.1, -0.05) is 6.08 Å². The molecule has 0 aliphatic carbocycles. The molecular formula is C12H22N2. The van der Waals surface area contributed by atoms with Crippen molar-refractivity contribution in [3.63, 3.8) is 0 Å². The van der Waals surface area contributed by atoms with Crippen LogP contribution >= 0.6 is 0 Å². The Morgan fingerprint density at radius 3 is 3.07 bits per heavy atom. The van der Waals surface area contributed by atoms with E-state index in [4.69, 9.17) is 0 Å². The molecule has 1 N–H and O–H groups in total. The van der Waals surface area contributed by atoms with Gasteiger partial charge in [0.2, 0.25) is 0 Å². The summed E-state index contributed by atoms with van der Waals surface area (Å²) in [6.07, 6.45) is 5.85. The number of fused-ring (bicyclic) bond motifs is 2. The topological polar surface area (TPSA) is 15.3 Å². The van der Waals surface area contributed by atoms with E-state index in [-0.39, 0.29) is 0 Å². The Kier molecular flexibility index (Phi) is 3.24. The van der Waals surface area contributed by atoms with E-state index in [1.165, 1.54) is 32.5 Å². The SMILES string of the molecule is C=CCC(C)NC1CCN2CCC1C2. The lowest BCUT2D eigenvalue weighted by atomic mass is 9.93. The molecule has 2 aliphatic heterocycles. The van der Waals surface area contributed by atoms with Crippen LogP contribution in [0.4, 0.5) is 0 Å². The van der Waals surface area contributed by atoms with Gasteiger partial charge in [-0.2, -0.15) is 0 Å². The van der Waals surface area contributed by atoms with Crippen LogP contribution in [0.25, 0.3) is 0 Å². The van der Waals surface area contributed by atoms with Crippen LogP contribution in [0.2, 0.25) is 0 Å². The second kappa shape index (κ2) is 4.45. The molecular weight excluding hydrogens is 172 g/mol. The van der Waals surface area contributed by atoms with Gasteiger partial charge in [0.15, 0.2) is 0 Å². The molecule has 4 atom stereocenters. The highest BCUT2D eigenvalue weighted by molar-refractivity contribution is 4.92. The lowest BCUT2D eigenvalue weighted by Crippen LogP contribution is -2.46. The van der Waals surface area contributed by atoms with Crippen molar-refractivity contribution in [1.82, 2.24) is 10.2 Å². The Morgan fingerprint density at radius 1 is 1.50 bits per heavy atom. The maximum Gasteiger partial charge on any atom is 0.0123 e. The minimum atomic E-state index is 0.602. The van der Waals surface area contributed by atoms with Gasteiger partial charge in [0.05, 0.1) is 0 Å². The molecule has 2 bridgehead atoms. The molecule has 4 unspecified atom stereocenters. The first kappa shape index (κ1) is 10.2. The molecule has 0 amide bonds. The average molecular weight is 194 g/mol. The van der Waals surface area contributed by atoms with E-state index in [1.54, 1.807) is 0 Å². The minimum Gasteiger partial charge on any atom is -0.311 e. The fraction of sp³-hybridized carbons (Fsp3) is 0.833. The fourth-order valence-corrected chi connectivity index (χ4v) is 2.85. The molecule has 0 aromatic rings. The van der Waals surface area contributed by atoms with Gasteiger partial charge in [-0.25, -0.2) is 0 Å². The average Bonchev–Trinajstić information content (AvgIpc) is 2.54. The summed E-state index contributed by atoms with van der Waals surface area (Å²) < 4.78 is 0. The highest BCUT2D eigenvalue weighted by Crippen LogP contribution is 2.27. The highest BCUT2D eigenvalue weighted by atomic mass is 15.2. The second-order valence-corrected chi connectivity index (χ2v) is 4.84. The van der Waals surface area contributed by atoms with E-state index in [9.17, 15) is 0 Å². The molecule has 0 radical (unpaired) electrons. The van der Waals surface area contributed by atoms with Crippen molar-refractivity contribution in [2.45, 2.75) is 38.3 Å². The van der Waals surface area contributed by atoms with E-state index in [2.05, 4.69) is 23.7 Å². The number of nitrogens with zero attached hydrogens (tertiary/aromatic N) is 1. The lowest BCUT2D eigenvalue weighted by Gasteiger charge is -2.33. The fourth-order valence-electron chi connectivity index (χ4n) is 2.85. The predicted molar refractivity (Wildman–Crippen MR) is 60.4 cm³/mol. The van der Waals surface area contributed by atoms with E-state index < -0.39 is 0 Å². The first-order valence-electron chi connectivity index (χ1n) is 5.89. The molecule has 2 saturated heterocycles. The Balaban J connectivity index is 1.82. The molecule has 2 rings (SSSR count). The van der Waals surface area contributed by atoms with Crippen molar-refractivity contribution in [3.8, 4) is 0 Å². The zero-order chi connectivity index (χ0) is 9.97. The standard InChI is InChI=1S/C12H22N2/c1-3-4-10(2)13-12-6-8-14-7-5-11(12)9-14/h3,10-13H,1,4-9H2,2H3. The second-order valence-electron chi connectivity index (χ2n) is 4.84. The van der Waals surface area contributed by atoms with Crippen molar-refractivity contribution < 1.29 is 0 Å². The third-order valence-corrected chi connectivity index (χ3v) is 3.65. The summed E-state index contributed by atoms with van der Waals surface area (Å²) in [7, 11) is 0. The van der Waals surface area contributed by atoms with Crippen molar-refractivity contribution in [2.24, 2.45) is 5.92 Å². The lowest BCUT2D eigenvalue weighted by molar-refractivity contribution is 0.212. The van der Waals surface area contributed by atoms with Gasteiger partial charge >= 0.3 is 0 Å². The highest BCUT2D eigenvalue weighted by Gasteiger charge is 2.34. The molecule has 2 heterocycles. The molecule has 2 aliphatic rings. The minimum absolute atomic E-state index is 0.602. The van der Waals surface area contributed by atoms with Gasteiger partial charge in [-0.3, -0.25) is 0 Å². The van der Waals surface area contributed by atoms with Crippen molar-refractivity contribution in [1.29, 1.82) is 0 Å². The summed E-state index contributed by atoms with van der Waals surface area (Å²) >= 11 is 0. The third kappa shape index (κ3) is 2.18. The summed E-state index contributed by atoms with van der Waals surface area (Å²) in [5.74, 6) is 0.913. The molecule has 80 valence electrons. The van der Waals surface area contributed by atoms with E-state index >= 15 is 0 Å². The van der Waals surface area contributed by atoms with Gasteiger partial charge in [0.25, 0.3) is 0 Å². The van der Waals surface area contributed by atoms with E-state index in [0.29, 0.717) is 6.04 Å². The smallest absolute Gasteiger partial charge is 0.0123 e. The molecule has 0 saturated carbocycles. The monoisotopic (exact) mass is 194 g/mol. The van der Waals surface area contributed by atoms with Gasteiger partial charge in [-0.15, -0.1) is 6.58 Å². The van der Waals surface area contributed by atoms with Crippen molar-refractivity contribution in [2.75, 3.05) is 19.6 Å². The van der Waals surface area contributed by atoms with Crippen LogP contribution in [-0.4, -0.2) is 36.6 Å². The van der Waals surface area contributed by atoms with Crippen LogP contribution < -0.4 is 5.32 Å². The summed E-state index contributed by atoms with van der Waals surface area (Å²) in [6, 6.07) is 1.37. The molecule has 0 spiro atoms. The van der Waals surface area contributed by atoms with E-state index in [0.717, 1.165) is 18.4 Å². The first-order valence-corrected chi connectivity index (χ1v) is 5.89. The number of piperidine rings is 1. The third-order valence-electron chi connectivity index (χ3n) is 3.65. The first-order chi connectivity index (χ1) is 6.79. The van der Waals surface area contributed by atoms with Crippen LogP contribution in [-0.2, 0) is 0 Å². The van der Waals surface area contributed by atoms with Crippen LogP contribution in [0.1, 0.15) is 26.2 Å². The van der Waals surface area contributed by atoms with Crippen LogP contribution in [0.15, 0.2) is 12.7 Å². The summed E-state index contributed by atoms with van der Waals surface area (Å²) in [5, 5.41) is 3.75. The van der Waals surface area contributed by atoms with Gasteiger partial charge in [0, 0.05) is 18.6 Å².